The van der Waals surface area contributed by atoms with Crippen LogP contribution >= 0.6 is 11.3 Å². The molecule has 0 N–H and O–H groups in total. The normalized spacial score (nSPS) is 18.9. The molecule has 0 bridgehead atoms. The monoisotopic (exact) mass is 319 g/mol. The predicted octanol–water partition coefficient (Wildman–Crippen LogP) is 2.82. The number of morpholine rings is 1. The number of rotatable bonds is 3. The van der Waals surface area contributed by atoms with Crippen LogP contribution in [0.5, 0.6) is 0 Å². The fraction of sp³-hybridized carbons (Fsp3) is 0.500. The Morgan fingerprint density at radius 1 is 1.50 bits per heavy atom. The predicted molar refractivity (Wildman–Crippen MR) is 86.2 cm³/mol. The summed E-state index contributed by atoms with van der Waals surface area (Å²) in [5, 5.41) is 1.01. The van der Waals surface area contributed by atoms with Crippen molar-refractivity contribution in [2.24, 2.45) is 7.05 Å². The van der Waals surface area contributed by atoms with E-state index in [1.165, 1.54) is 11.3 Å². The second-order valence-electron chi connectivity index (χ2n) is 5.85. The standard InChI is InChI=1S/C16H21N3O2S/c1-11(2)15-17-9-14(22-15)16(20)19-7-8-21-10-13(19)12-5-4-6-18(12)3/h4-6,9,11,13H,7-8,10H2,1-3H3/t13-/m1/s1. The minimum Gasteiger partial charge on any atom is -0.377 e. The molecule has 3 heterocycles. The minimum absolute atomic E-state index is 0.0363. The third-order valence-electron chi connectivity index (χ3n) is 3.94. The number of aryl methyl sites for hydroxylation is 1. The zero-order valence-corrected chi connectivity index (χ0v) is 14.0. The number of carbonyl (C=O) groups excluding carboxylic acids is 1. The minimum atomic E-state index is -0.0363. The number of nitrogens with zero attached hydrogens (tertiary/aromatic N) is 3. The average molecular weight is 319 g/mol. The average Bonchev–Trinajstić information content (AvgIpc) is 3.15. The zero-order valence-electron chi connectivity index (χ0n) is 13.2. The second kappa shape index (κ2) is 6.22. The van der Waals surface area contributed by atoms with Crippen LogP contribution in [0.25, 0.3) is 0 Å². The van der Waals surface area contributed by atoms with Crippen LogP contribution in [0, 0.1) is 0 Å². The van der Waals surface area contributed by atoms with Crippen molar-refractivity contribution in [3.63, 3.8) is 0 Å². The lowest BCUT2D eigenvalue weighted by Crippen LogP contribution is -2.43. The quantitative estimate of drug-likeness (QED) is 0.874. The zero-order chi connectivity index (χ0) is 15.7. The molecule has 22 heavy (non-hydrogen) atoms. The lowest BCUT2D eigenvalue weighted by molar-refractivity contribution is -0.00438. The van der Waals surface area contributed by atoms with E-state index in [4.69, 9.17) is 4.74 Å². The third kappa shape index (κ3) is 2.80. The highest BCUT2D eigenvalue weighted by Crippen LogP contribution is 2.28. The summed E-state index contributed by atoms with van der Waals surface area (Å²) >= 11 is 1.50. The van der Waals surface area contributed by atoms with Crippen LogP contribution in [-0.4, -0.2) is 40.1 Å². The van der Waals surface area contributed by atoms with E-state index in [9.17, 15) is 4.79 Å². The Bertz CT molecular complexity index is 662. The van der Waals surface area contributed by atoms with Gasteiger partial charge in [-0.15, -0.1) is 11.3 Å². The van der Waals surface area contributed by atoms with Crippen LogP contribution in [0.2, 0.25) is 0 Å². The molecular formula is C16H21N3O2S. The van der Waals surface area contributed by atoms with Crippen molar-refractivity contribution < 1.29 is 9.53 Å². The number of hydrogen-bond donors (Lipinski definition) is 0. The maximum Gasteiger partial charge on any atom is 0.266 e. The molecule has 1 amide bonds. The van der Waals surface area contributed by atoms with E-state index in [1.807, 2.05) is 34.8 Å². The summed E-state index contributed by atoms with van der Waals surface area (Å²) in [6.45, 7) is 5.93. The molecule has 118 valence electrons. The van der Waals surface area contributed by atoms with Crippen molar-refractivity contribution in [2.75, 3.05) is 19.8 Å². The molecule has 0 spiro atoms. The Hall–Kier alpha value is -1.66. The molecule has 1 aliphatic rings. The molecule has 1 aliphatic heterocycles. The van der Waals surface area contributed by atoms with Gasteiger partial charge in [-0.1, -0.05) is 13.8 Å². The fourth-order valence-corrected chi connectivity index (χ4v) is 3.58. The van der Waals surface area contributed by atoms with Gasteiger partial charge in [-0.3, -0.25) is 4.79 Å². The molecule has 2 aromatic heterocycles. The first kappa shape index (κ1) is 15.2. The van der Waals surface area contributed by atoms with Crippen molar-refractivity contribution in [1.29, 1.82) is 0 Å². The number of hydrogen-bond acceptors (Lipinski definition) is 4. The van der Waals surface area contributed by atoms with Crippen LogP contribution < -0.4 is 0 Å². The molecular weight excluding hydrogens is 298 g/mol. The molecule has 0 aliphatic carbocycles. The molecule has 0 aromatic carbocycles. The van der Waals surface area contributed by atoms with Gasteiger partial charge >= 0.3 is 0 Å². The number of aromatic nitrogens is 2. The van der Waals surface area contributed by atoms with Gasteiger partial charge < -0.3 is 14.2 Å². The van der Waals surface area contributed by atoms with E-state index in [-0.39, 0.29) is 11.9 Å². The van der Waals surface area contributed by atoms with Gasteiger partial charge in [0.25, 0.3) is 5.91 Å². The largest absolute Gasteiger partial charge is 0.377 e. The lowest BCUT2D eigenvalue weighted by atomic mass is 10.1. The van der Waals surface area contributed by atoms with E-state index in [1.54, 1.807) is 6.20 Å². The summed E-state index contributed by atoms with van der Waals surface area (Å²) in [5.41, 5.74) is 1.10. The number of carbonyl (C=O) groups is 1. The van der Waals surface area contributed by atoms with Crippen LogP contribution in [0.3, 0.4) is 0 Å². The van der Waals surface area contributed by atoms with Crippen LogP contribution in [0.1, 0.15) is 46.2 Å². The molecule has 5 nitrogen and oxygen atoms in total. The Morgan fingerprint density at radius 3 is 2.95 bits per heavy atom. The highest BCUT2D eigenvalue weighted by Gasteiger charge is 2.31. The highest BCUT2D eigenvalue weighted by atomic mass is 32.1. The topological polar surface area (TPSA) is 47.4 Å². The summed E-state index contributed by atoms with van der Waals surface area (Å²) in [4.78, 5) is 19.9. The van der Waals surface area contributed by atoms with Gasteiger partial charge in [-0.2, -0.15) is 0 Å². The van der Waals surface area contributed by atoms with Crippen molar-refractivity contribution in [1.82, 2.24) is 14.5 Å². The van der Waals surface area contributed by atoms with Crippen molar-refractivity contribution in [2.45, 2.75) is 25.8 Å². The van der Waals surface area contributed by atoms with E-state index >= 15 is 0 Å². The first-order chi connectivity index (χ1) is 10.6. The van der Waals surface area contributed by atoms with Gasteiger partial charge in [0.2, 0.25) is 0 Å². The van der Waals surface area contributed by atoms with E-state index in [2.05, 4.69) is 18.8 Å². The van der Waals surface area contributed by atoms with Gasteiger partial charge in [0, 0.05) is 31.4 Å². The second-order valence-corrected chi connectivity index (χ2v) is 6.91. The SMILES string of the molecule is CC(C)c1ncc(C(=O)N2CCOC[C@@H]2c2cccn2C)s1. The molecule has 1 fully saturated rings. The summed E-state index contributed by atoms with van der Waals surface area (Å²) in [6, 6.07) is 4.01. The van der Waals surface area contributed by atoms with Crippen LogP contribution in [0.4, 0.5) is 0 Å². The first-order valence-corrected chi connectivity index (χ1v) is 8.35. The Balaban J connectivity index is 1.86. The summed E-state index contributed by atoms with van der Waals surface area (Å²) < 4.78 is 7.65. The fourth-order valence-electron chi connectivity index (χ4n) is 2.71. The van der Waals surface area contributed by atoms with Crippen molar-refractivity contribution >= 4 is 17.2 Å². The number of amides is 1. The third-order valence-corrected chi connectivity index (χ3v) is 5.23. The van der Waals surface area contributed by atoms with Gasteiger partial charge in [0.05, 0.1) is 30.5 Å². The summed E-state index contributed by atoms with van der Waals surface area (Å²) in [5.74, 6) is 0.402. The summed E-state index contributed by atoms with van der Waals surface area (Å²) in [6.07, 6.45) is 3.70. The van der Waals surface area contributed by atoms with Gasteiger partial charge in [0.15, 0.2) is 0 Å². The van der Waals surface area contributed by atoms with Crippen LogP contribution in [-0.2, 0) is 11.8 Å². The van der Waals surface area contributed by atoms with E-state index in [0.717, 1.165) is 10.7 Å². The summed E-state index contributed by atoms with van der Waals surface area (Å²) in [7, 11) is 2.00. The Morgan fingerprint density at radius 2 is 2.32 bits per heavy atom. The maximum atomic E-state index is 12.9. The Labute approximate surface area is 134 Å². The van der Waals surface area contributed by atoms with E-state index < -0.39 is 0 Å². The molecule has 2 aromatic rings. The molecule has 1 saturated heterocycles. The van der Waals surface area contributed by atoms with Crippen LogP contribution in [0.15, 0.2) is 24.5 Å². The maximum absolute atomic E-state index is 12.9. The molecule has 6 heteroatoms. The number of ether oxygens (including phenoxy) is 1. The number of thiazole rings is 1. The molecule has 1 atom stereocenters. The molecule has 0 unspecified atom stereocenters. The molecule has 3 rings (SSSR count). The lowest BCUT2D eigenvalue weighted by Gasteiger charge is -2.35. The van der Waals surface area contributed by atoms with E-state index in [0.29, 0.717) is 30.6 Å². The molecule has 0 saturated carbocycles. The van der Waals surface area contributed by atoms with Gasteiger partial charge in [-0.25, -0.2) is 4.98 Å². The van der Waals surface area contributed by atoms with Gasteiger partial charge in [-0.05, 0) is 12.1 Å². The Kier molecular flexibility index (Phi) is 4.31. The van der Waals surface area contributed by atoms with Crippen molar-refractivity contribution in [3.8, 4) is 0 Å². The molecule has 0 radical (unpaired) electrons. The highest BCUT2D eigenvalue weighted by molar-refractivity contribution is 7.13. The smallest absolute Gasteiger partial charge is 0.266 e. The first-order valence-electron chi connectivity index (χ1n) is 7.53. The van der Waals surface area contributed by atoms with Crippen molar-refractivity contribution in [3.05, 3.63) is 40.1 Å². The van der Waals surface area contributed by atoms with Gasteiger partial charge in [0.1, 0.15) is 4.88 Å².